The van der Waals surface area contributed by atoms with E-state index < -0.39 is 0 Å². The molecule has 0 fully saturated rings. The number of benzene rings is 2. The first kappa shape index (κ1) is 9.53. The lowest BCUT2D eigenvalue weighted by Crippen LogP contribution is -1.82. The highest BCUT2D eigenvalue weighted by Crippen LogP contribution is 2.34. The van der Waals surface area contributed by atoms with Crippen molar-refractivity contribution in [2.45, 2.75) is 0 Å². The van der Waals surface area contributed by atoms with E-state index in [1.165, 1.54) is 0 Å². The van der Waals surface area contributed by atoms with E-state index in [1.807, 2.05) is 18.3 Å². The van der Waals surface area contributed by atoms with E-state index >= 15 is 0 Å². The number of methoxy groups -OCH3 is 1. The van der Waals surface area contributed by atoms with Crippen molar-refractivity contribution in [1.82, 2.24) is 15.2 Å². The molecule has 2 aromatic carbocycles. The van der Waals surface area contributed by atoms with E-state index in [4.69, 9.17) is 9.72 Å². The summed E-state index contributed by atoms with van der Waals surface area (Å²) >= 11 is 0. The molecule has 4 nitrogen and oxygen atoms in total. The number of hydrogen-bond acceptors (Lipinski definition) is 2. The second-order valence-electron chi connectivity index (χ2n) is 4.31. The molecule has 0 bridgehead atoms. The van der Waals surface area contributed by atoms with Crippen molar-refractivity contribution in [2.24, 2.45) is 0 Å². The summed E-state index contributed by atoms with van der Waals surface area (Å²) in [5, 5.41) is 9.54. The molecule has 4 aromatic rings. The summed E-state index contributed by atoms with van der Waals surface area (Å²) in [6.07, 6.45) is 1.94. The molecule has 0 saturated carbocycles. The van der Waals surface area contributed by atoms with Crippen LogP contribution in [0, 0.1) is 0 Å². The zero-order valence-corrected chi connectivity index (χ0v) is 9.82. The number of fused-ring (bicyclic) bond motifs is 5. The third-order valence-corrected chi connectivity index (χ3v) is 3.37. The number of aromatic amines is 2. The smallest absolute Gasteiger partial charge is 0.145 e. The topological polar surface area (TPSA) is 53.7 Å². The van der Waals surface area contributed by atoms with Gasteiger partial charge in [0, 0.05) is 22.4 Å². The Labute approximate surface area is 103 Å². The van der Waals surface area contributed by atoms with Crippen molar-refractivity contribution < 1.29 is 4.74 Å². The highest BCUT2D eigenvalue weighted by molar-refractivity contribution is 6.16. The minimum Gasteiger partial charge on any atom is -0.494 e. The Kier molecular flexibility index (Phi) is 1.73. The molecule has 18 heavy (non-hydrogen) atoms. The molecule has 0 saturated heterocycles. The maximum Gasteiger partial charge on any atom is 0.145 e. The fraction of sp³-hybridized carbons (Fsp3) is 0.0714. The maximum absolute atomic E-state index is 5.37. The maximum atomic E-state index is 5.37. The Hall–Kier alpha value is -2.49. The highest BCUT2D eigenvalue weighted by atomic mass is 16.5. The fourth-order valence-corrected chi connectivity index (χ4v) is 2.51. The molecule has 0 aliphatic heterocycles. The van der Waals surface area contributed by atoms with Crippen molar-refractivity contribution >= 4 is 32.7 Å². The number of H-pyrrole nitrogens is 2. The third-order valence-electron chi connectivity index (χ3n) is 3.37. The molecule has 4 heteroatoms. The lowest BCUT2D eigenvalue weighted by molar-refractivity contribution is 0.419. The van der Waals surface area contributed by atoms with Crippen LogP contribution < -0.4 is 4.74 Å². The number of para-hydroxylation sites is 1. The summed E-state index contributed by atoms with van der Waals surface area (Å²) in [6, 6.07) is 10.2. The largest absolute Gasteiger partial charge is 0.494 e. The van der Waals surface area contributed by atoms with Gasteiger partial charge in [0.2, 0.25) is 0 Å². The van der Waals surface area contributed by atoms with E-state index in [0.29, 0.717) is 0 Å². The van der Waals surface area contributed by atoms with Crippen LogP contribution in [0.4, 0.5) is 0 Å². The van der Waals surface area contributed by atoms with Gasteiger partial charge in [0.25, 0.3) is 0 Å². The number of rotatable bonds is 1. The highest BCUT2D eigenvalue weighted by Gasteiger charge is 2.12. The van der Waals surface area contributed by atoms with E-state index in [2.05, 4.69) is 28.4 Å². The van der Waals surface area contributed by atoms with Crippen molar-refractivity contribution in [3.63, 3.8) is 0 Å². The van der Waals surface area contributed by atoms with Gasteiger partial charge < -0.3 is 9.84 Å². The number of ether oxygens (including phenoxy) is 1. The van der Waals surface area contributed by atoms with E-state index in [1.54, 1.807) is 7.11 Å². The molecule has 2 heterocycles. The average Bonchev–Trinajstić information content (AvgIpc) is 3.01. The zero-order chi connectivity index (χ0) is 12.1. The second-order valence-corrected chi connectivity index (χ2v) is 4.31. The third kappa shape index (κ3) is 1.07. The predicted octanol–water partition coefficient (Wildman–Crippen LogP) is 3.21. The summed E-state index contributed by atoms with van der Waals surface area (Å²) in [6.45, 7) is 0. The number of nitrogens with zero attached hydrogens (tertiary/aromatic N) is 1. The predicted molar refractivity (Wildman–Crippen MR) is 72.0 cm³/mol. The Bertz CT molecular complexity index is 873. The van der Waals surface area contributed by atoms with Crippen LogP contribution in [0.2, 0.25) is 0 Å². The van der Waals surface area contributed by atoms with Gasteiger partial charge in [0.1, 0.15) is 11.3 Å². The lowest BCUT2D eigenvalue weighted by Gasteiger charge is -1.98. The molecule has 0 radical (unpaired) electrons. The van der Waals surface area contributed by atoms with Gasteiger partial charge in [-0.25, -0.2) is 4.98 Å². The van der Waals surface area contributed by atoms with Gasteiger partial charge in [0.15, 0.2) is 0 Å². The van der Waals surface area contributed by atoms with Gasteiger partial charge >= 0.3 is 0 Å². The molecular formula is C14H11N3O. The van der Waals surface area contributed by atoms with Crippen LogP contribution >= 0.6 is 0 Å². The van der Waals surface area contributed by atoms with Gasteiger partial charge in [-0.1, -0.05) is 24.3 Å². The summed E-state index contributed by atoms with van der Waals surface area (Å²) in [7, 11) is 1.67. The first-order valence-electron chi connectivity index (χ1n) is 5.79. The molecule has 0 aliphatic carbocycles. The molecular weight excluding hydrogens is 226 g/mol. The number of nitrogens with one attached hydrogen (secondary N) is 2. The number of hydrogen-bond donors (Lipinski definition) is 2. The lowest BCUT2D eigenvalue weighted by atomic mass is 10.1. The van der Waals surface area contributed by atoms with Crippen molar-refractivity contribution in [3.05, 3.63) is 36.5 Å². The normalized spacial score (nSPS) is 11.6. The van der Waals surface area contributed by atoms with E-state index in [0.717, 1.165) is 38.5 Å². The quantitative estimate of drug-likeness (QED) is 0.534. The minimum absolute atomic E-state index is 0.812. The molecule has 0 aliphatic rings. The molecule has 88 valence electrons. The molecule has 0 amide bonds. The Morgan fingerprint density at radius 3 is 2.83 bits per heavy atom. The monoisotopic (exact) mass is 237 g/mol. The Balaban J connectivity index is 2.29. The molecule has 0 unspecified atom stereocenters. The van der Waals surface area contributed by atoms with Gasteiger partial charge in [-0.3, -0.25) is 5.10 Å². The van der Waals surface area contributed by atoms with Crippen LogP contribution in [-0.2, 0) is 0 Å². The van der Waals surface area contributed by atoms with E-state index in [-0.39, 0.29) is 0 Å². The zero-order valence-electron chi connectivity index (χ0n) is 9.82. The number of aromatic nitrogens is 3. The average molecular weight is 237 g/mol. The van der Waals surface area contributed by atoms with Crippen molar-refractivity contribution in [3.8, 4) is 5.75 Å². The van der Waals surface area contributed by atoms with Crippen LogP contribution in [0.15, 0.2) is 36.5 Å². The standard InChI is InChI=1S/C14H11N3O/c1-18-11-4-2-3-9-10-6-5-8-7-15-17-12(8)14(10)16-13(9)11/h2-7,15,17H,1H3. The first-order chi connectivity index (χ1) is 8.88. The van der Waals surface area contributed by atoms with Crippen LogP contribution in [0.5, 0.6) is 5.75 Å². The minimum atomic E-state index is 0.812. The van der Waals surface area contributed by atoms with Gasteiger partial charge in [-0.15, -0.1) is 0 Å². The first-order valence-corrected chi connectivity index (χ1v) is 5.79. The van der Waals surface area contributed by atoms with Gasteiger partial charge in [0.05, 0.1) is 18.1 Å². The molecule has 0 spiro atoms. The van der Waals surface area contributed by atoms with E-state index in [9.17, 15) is 0 Å². The van der Waals surface area contributed by atoms with Crippen LogP contribution in [0.3, 0.4) is 0 Å². The molecule has 4 rings (SSSR count). The van der Waals surface area contributed by atoms with Crippen molar-refractivity contribution in [1.29, 1.82) is 0 Å². The van der Waals surface area contributed by atoms with Crippen LogP contribution in [0.1, 0.15) is 0 Å². The van der Waals surface area contributed by atoms with Crippen molar-refractivity contribution in [2.75, 3.05) is 7.11 Å². The summed E-state index contributed by atoms with van der Waals surface area (Å²) < 4.78 is 5.37. The van der Waals surface area contributed by atoms with Gasteiger partial charge in [-0.2, -0.15) is 0 Å². The Morgan fingerprint density at radius 1 is 1.06 bits per heavy atom. The summed E-state index contributed by atoms with van der Waals surface area (Å²) in [5.41, 5.74) is 2.93. The SMILES string of the molecule is COc1cccc2c1nc1c2ccc2c[nH][nH]c21. The fourth-order valence-electron chi connectivity index (χ4n) is 2.51. The van der Waals surface area contributed by atoms with Crippen LogP contribution in [-0.4, -0.2) is 22.3 Å². The second kappa shape index (κ2) is 3.26. The van der Waals surface area contributed by atoms with Gasteiger partial charge in [-0.05, 0) is 6.07 Å². The van der Waals surface area contributed by atoms with Crippen LogP contribution in [0.25, 0.3) is 32.7 Å². The summed E-state index contributed by atoms with van der Waals surface area (Å²) in [5.74, 6) is 0.812. The molecule has 2 aromatic heterocycles. The molecule has 0 atom stereocenters. The summed E-state index contributed by atoms with van der Waals surface area (Å²) in [4.78, 5) is 4.71. The Morgan fingerprint density at radius 2 is 1.94 bits per heavy atom. The molecule has 2 N–H and O–H groups in total.